The van der Waals surface area contributed by atoms with Gasteiger partial charge in [0.25, 0.3) is 0 Å². The minimum atomic E-state index is -1.49. The van der Waals surface area contributed by atoms with Crippen LogP contribution < -0.4 is 0 Å². The van der Waals surface area contributed by atoms with Crippen LogP contribution in [-0.2, 0) is 0 Å². The number of benzene rings is 1. The predicted octanol–water partition coefficient (Wildman–Crippen LogP) is 2.29. The highest BCUT2D eigenvalue weighted by Crippen LogP contribution is 2.23. The first-order valence-electron chi connectivity index (χ1n) is 3.70. The van der Waals surface area contributed by atoms with Crippen LogP contribution in [0, 0.1) is 21.7 Å². The number of carbonyl (C=O) groups is 1. The lowest BCUT2D eigenvalue weighted by molar-refractivity contribution is -0.387. The average molecular weight is 236 g/mol. The topological polar surface area (TPSA) is 60.2 Å². The van der Waals surface area contributed by atoms with E-state index in [1.54, 1.807) is 0 Å². The van der Waals surface area contributed by atoms with Crippen LogP contribution in [0.4, 0.5) is 14.5 Å². The highest BCUT2D eigenvalue weighted by Gasteiger charge is 2.25. The van der Waals surface area contributed by atoms with E-state index in [1.807, 2.05) is 0 Å². The molecule has 0 aliphatic heterocycles. The lowest BCUT2D eigenvalue weighted by atomic mass is 10.1. The number of rotatable bonds is 3. The fraction of sp³-hybridized carbons (Fsp3) is 0.125. The lowest BCUT2D eigenvalue weighted by Crippen LogP contribution is -2.09. The second-order valence-electron chi connectivity index (χ2n) is 2.57. The van der Waals surface area contributed by atoms with E-state index in [9.17, 15) is 23.7 Å². The maximum Gasteiger partial charge on any atom is 0.305 e. The Morgan fingerprint density at radius 1 is 1.47 bits per heavy atom. The molecule has 80 valence electrons. The first-order chi connectivity index (χ1) is 6.99. The van der Waals surface area contributed by atoms with Crippen molar-refractivity contribution >= 4 is 23.1 Å². The largest absolute Gasteiger partial charge is 0.305 e. The van der Waals surface area contributed by atoms with Crippen molar-refractivity contribution in [3.63, 3.8) is 0 Å². The summed E-state index contributed by atoms with van der Waals surface area (Å²) >= 11 is 5.11. The fourth-order valence-electron chi connectivity index (χ4n) is 1.00. The number of hydrogen-bond acceptors (Lipinski definition) is 3. The molecular formula is C8H4ClF2NO3. The maximum atomic E-state index is 13.3. The Hall–Kier alpha value is -1.56. The van der Waals surface area contributed by atoms with Crippen molar-refractivity contribution in [2.45, 2.75) is 0 Å². The zero-order chi connectivity index (χ0) is 11.6. The van der Waals surface area contributed by atoms with Gasteiger partial charge in [-0.3, -0.25) is 14.9 Å². The van der Waals surface area contributed by atoms with Crippen molar-refractivity contribution in [1.82, 2.24) is 0 Å². The average Bonchev–Trinajstić information content (AvgIpc) is 2.16. The number of carbonyl (C=O) groups excluding carboxylic acids is 1. The Kier molecular flexibility index (Phi) is 3.31. The molecule has 0 aromatic heterocycles. The zero-order valence-electron chi connectivity index (χ0n) is 7.17. The van der Waals surface area contributed by atoms with Crippen molar-refractivity contribution in [3.8, 4) is 0 Å². The molecule has 0 spiro atoms. The first-order valence-corrected chi connectivity index (χ1v) is 4.24. The van der Waals surface area contributed by atoms with Gasteiger partial charge in [0.15, 0.2) is 5.78 Å². The molecule has 0 N–H and O–H groups in total. The summed E-state index contributed by atoms with van der Waals surface area (Å²) in [5.41, 5.74) is -1.93. The van der Waals surface area contributed by atoms with Crippen LogP contribution in [0.15, 0.2) is 12.1 Å². The molecule has 1 rings (SSSR count). The molecule has 0 bridgehead atoms. The van der Waals surface area contributed by atoms with Crippen LogP contribution in [0.5, 0.6) is 0 Å². The van der Waals surface area contributed by atoms with Crippen LogP contribution in [-0.4, -0.2) is 16.6 Å². The third kappa shape index (κ3) is 2.10. The number of nitro groups is 1. The summed E-state index contributed by atoms with van der Waals surface area (Å²) < 4.78 is 26.2. The van der Waals surface area contributed by atoms with E-state index in [2.05, 4.69) is 0 Å². The van der Waals surface area contributed by atoms with Gasteiger partial charge in [-0.2, -0.15) is 4.39 Å². The van der Waals surface area contributed by atoms with Gasteiger partial charge in [0.1, 0.15) is 5.82 Å². The van der Waals surface area contributed by atoms with Crippen LogP contribution in [0.2, 0.25) is 0 Å². The molecule has 0 unspecified atom stereocenters. The molecule has 0 saturated heterocycles. The Balaban J connectivity index is 3.43. The molecule has 0 amide bonds. The molecule has 0 atom stereocenters. The first kappa shape index (κ1) is 11.5. The maximum absolute atomic E-state index is 13.3. The zero-order valence-corrected chi connectivity index (χ0v) is 7.92. The van der Waals surface area contributed by atoms with E-state index in [0.29, 0.717) is 12.1 Å². The smallest absolute Gasteiger partial charge is 0.293 e. The van der Waals surface area contributed by atoms with Gasteiger partial charge in [0, 0.05) is 6.07 Å². The molecule has 0 heterocycles. The number of nitro benzene ring substituents is 1. The van der Waals surface area contributed by atoms with Crippen LogP contribution in [0.25, 0.3) is 0 Å². The normalized spacial score (nSPS) is 10.1. The molecule has 1 aromatic carbocycles. The number of ketones is 1. The summed E-state index contributed by atoms with van der Waals surface area (Å²) in [6.45, 7) is 0. The van der Waals surface area contributed by atoms with Gasteiger partial charge >= 0.3 is 5.69 Å². The molecule has 0 saturated carbocycles. The standard InChI is InChI=1S/C8H4ClF2NO3/c9-3-6(13)7-4(10)1-2-5(8(7)11)12(14)15/h1-2H,3H2. The summed E-state index contributed by atoms with van der Waals surface area (Å²) in [6.07, 6.45) is 0. The van der Waals surface area contributed by atoms with Crippen LogP contribution in [0.1, 0.15) is 10.4 Å². The van der Waals surface area contributed by atoms with Crippen molar-refractivity contribution in [1.29, 1.82) is 0 Å². The van der Waals surface area contributed by atoms with Crippen molar-refractivity contribution in [2.24, 2.45) is 0 Å². The van der Waals surface area contributed by atoms with Gasteiger partial charge < -0.3 is 0 Å². The van der Waals surface area contributed by atoms with Gasteiger partial charge in [-0.05, 0) is 6.07 Å². The van der Waals surface area contributed by atoms with Crippen LogP contribution in [0.3, 0.4) is 0 Å². The second kappa shape index (κ2) is 4.31. The van der Waals surface area contributed by atoms with Crippen molar-refractivity contribution in [3.05, 3.63) is 39.4 Å². The Bertz CT molecular complexity index is 436. The summed E-state index contributed by atoms with van der Waals surface area (Å²) in [5, 5.41) is 10.3. The number of hydrogen-bond donors (Lipinski definition) is 0. The van der Waals surface area contributed by atoms with E-state index >= 15 is 0 Å². The van der Waals surface area contributed by atoms with Gasteiger partial charge in [-0.15, -0.1) is 11.6 Å². The highest BCUT2D eigenvalue weighted by atomic mass is 35.5. The summed E-state index contributed by atoms with van der Waals surface area (Å²) in [6, 6.07) is 1.30. The number of alkyl halides is 1. The molecular weight excluding hydrogens is 232 g/mol. The third-order valence-corrected chi connectivity index (χ3v) is 1.91. The predicted molar refractivity (Wildman–Crippen MR) is 48.1 cm³/mol. The minimum Gasteiger partial charge on any atom is -0.293 e. The number of nitrogens with zero attached hydrogens (tertiary/aromatic N) is 1. The Labute approximate surface area is 87.6 Å². The molecule has 0 aliphatic carbocycles. The van der Waals surface area contributed by atoms with Gasteiger partial charge in [-0.25, -0.2) is 4.39 Å². The van der Waals surface area contributed by atoms with Crippen molar-refractivity contribution in [2.75, 3.05) is 5.88 Å². The molecule has 7 heteroatoms. The molecule has 15 heavy (non-hydrogen) atoms. The highest BCUT2D eigenvalue weighted by molar-refractivity contribution is 6.30. The van der Waals surface area contributed by atoms with Crippen LogP contribution >= 0.6 is 11.6 Å². The van der Waals surface area contributed by atoms with Crippen molar-refractivity contribution < 1.29 is 18.5 Å². The van der Waals surface area contributed by atoms with E-state index in [4.69, 9.17) is 11.6 Å². The molecule has 4 nitrogen and oxygen atoms in total. The van der Waals surface area contributed by atoms with Gasteiger partial charge in [0.05, 0.1) is 16.4 Å². The van der Waals surface area contributed by atoms with E-state index in [1.165, 1.54) is 0 Å². The van der Waals surface area contributed by atoms with E-state index < -0.39 is 39.5 Å². The summed E-state index contributed by atoms with van der Waals surface area (Å²) in [5.74, 6) is -4.33. The summed E-state index contributed by atoms with van der Waals surface area (Å²) in [7, 11) is 0. The lowest BCUT2D eigenvalue weighted by Gasteiger charge is -2.01. The van der Waals surface area contributed by atoms with E-state index in [0.717, 1.165) is 0 Å². The Morgan fingerprint density at radius 3 is 2.53 bits per heavy atom. The number of halogens is 3. The third-order valence-electron chi connectivity index (χ3n) is 1.67. The fourth-order valence-corrected chi connectivity index (χ4v) is 1.14. The van der Waals surface area contributed by atoms with Gasteiger partial charge in [0.2, 0.25) is 5.82 Å². The number of Topliss-reactive ketones (excluding diaryl/α,β-unsaturated/α-hetero) is 1. The second-order valence-corrected chi connectivity index (χ2v) is 2.84. The molecule has 0 fully saturated rings. The molecule has 1 aromatic rings. The van der Waals surface area contributed by atoms with E-state index in [-0.39, 0.29) is 0 Å². The SMILES string of the molecule is O=C(CCl)c1c(F)ccc([N+](=O)[O-])c1F. The van der Waals surface area contributed by atoms with Gasteiger partial charge in [-0.1, -0.05) is 0 Å². The molecule has 0 aliphatic rings. The minimum absolute atomic E-state index is 0.644. The Morgan fingerprint density at radius 2 is 2.07 bits per heavy atom. The quantitative estimate of drug-likeness (QED) is 0.350. The summed E-state index contributed by atoms with van der Waals surface area (Å²) in [4.78, 5) is 20.2. The molecule has 0 radical (unpaired) electrons. The monoisotopic (exact) mass is 235 g/mol.